The van der Waals surface area contributed by atoms with Crippen LogP contribution in [0.25, 0.3) is 0 Å². The summed E-state index contributed by atoms with van der Waals surface area (Å²) in [6.45, 7) is 1.99. The Bertz CT molecular complexity index is 862. The number of carbonyl (C=O) groups excluding carboxylic acids is 1. The lowest BCUT2D eigenvalue weighted by molar-refractivity contribution is 0.0696. The number of carbonyl (C=O) groups is 3. The van der Waals surface area contributed by atoms with E-state index < -0.39 is 11.9 Å². The van der Waals surface area contributed by atoms with Crippen LogP contribution in [0.4, 0.5) is 11.4 Å². The van der Waals surface area contributed by atoms with Crippen molar-refractivity contribution in [3.63, 3.8) is 0 Å². The molecule has 0 saturated carbocycles. The Hall–Kier alpha value is -3.26. The number of aromatic carboxylic acids is 2. The molecule has 0 aliphatic rings. The summed E-state index contributed by atoms with van der Waals surface area (Å²) >= 11 is 5.26. The van der Waals surface area contributed by atoms with Gasteiger partial charge in [0.1, 0.15) is 6.29 Å². The van der Waals surface area contributed by atoms with Crippen molar-refractivity contribution in [3.8, 4) is 0 Å². The van der Waals surface area contributed by atoms with Gasteiger partial charge in [0.05, 0.1) is 23.4 Å². The second-order valence-electron chi connectivity index (χ2n) is 5.09. The van der Waals surface area contributed by atoms with E-state index in [0.717, 1.165) is 6.07 Å². The van der Waals surface area contributed by atoms with E-state index in [2.05, 4.69) is 0 Å². The van der Waals surface area contributed by atoms with Gasteiger partial charge in [-0.1, -0.05) is 0 Å². The number of ether oxygens (including phenoxy) is 1. The zero-order valence-electron chi connectivity index (χ0n) is 13.7. The van der Waals surface area contributed by atoms with Gasteiger partial charge in [0.15, 0.2) is 0 Å². The largest absolute Gasteiger partial charge is 0.478 e. The van der Waals surface area contributed by atoms with E-state index in [4.69, 9.17) is 22.1 Å². The molecule has 0 fully saturated rings. The summed E-state index contributed by atoms with van der Waals surface area (Å²) in [7, 11) is 0. The van der Waals surface area contributed by atoms with Crippen LogP contribution in [0.2, 0.25) is 0 Å². The first-order valence-corrected chi connectivity index (χ1v) is 7.92. The Balaban J connectivity index is 2.64. The summed E-state index contributed by atoms with van der Waals surface area (Å²) in [6, 6.07) is 9.97. The monoisotopic (exact) mass is 373 g/mol. The number of hydrogen-bond donors (Lipinski definition) is 2. The number of nitrogens with zero attached hydrogens (tertiary/aromatic N) is 1. The second kappa shape index (κ2) is 8.21. The SMILES string of the molecule is CCOC(=S)N(c1ccc(C=O)cc1)c1ccc(C(=O)O)cc1C(=O)O. The minimum Gasteiger partial charge on any atom is -0.478 e. The quantitative estimate of drug-likeness (QED) is 0.587. The number of hydrogen-bond acceptors (Lipinski definition) is 5. The van der Waals surface area contributed by atoms with E-state index in [1.165, 1.54) is 17.0 Å². The molecule has 0 unspecified atom stereocenters. The normalized spacial score (nSPS) is 10.0. The zero-order chi connectivity index (χ0) is 19.3. The van der Waals surface area contributed by atoms with Crippen LogP contribution in [-0.4, -0.2) is 40.2 Å². The Kier molecular flexibility index (Phi) is 6.03. The van der Waals surface area contributed by atoms with Gasteiger partial charge >= 0.3 is 11.9 Å². The number of aldehydes is 1. The highest BCUT2D eigenvalue weighted by atomic mass is 32.1. The molecule has 0 radical (unpaired) electrons. The van der Waals surface area contributed by atoms with Crippen molar-refractivity contribution in [1.82, 2.24) is 0 Å². The number of thiocarbonyl (C=S) groups is 1. The smallest absolute Gasteiger partial charge is 0.337 e. The van der Waals surface area contributed by atoms with Gasteiger partial charge in [-0.2, -0.15) is 0 Å². The maximum Gasteiger partial charge on any atom is 0.337 e. The van der Waals surface area contributed by atoms with Gasteiger partial charge in [-0.25, -0.2) is 9.59 Å². The lowest BCUT2D eigenvalue weighted by Gasteiger charge is -2.26. The van der Waals surface area contributed by atoms with Crippen molar-refractivity contribution in [2.24, 2.45) is 0 Å². The number of carboxylic acid groups (broad SMARTS) is 2. The molecule has 26 heavy (non-hydrogen) atoms. The third-order valence-electron chi connectivity index (χ3n) is 3.45. The van der Waals surface area contributed by atoms with Crippen LogP contribution in [0.3, 0.4) is 0 Å². The first-order valence-electron chi connectivity index (χ1n) is 7.51. The molecule has 0 saturated heterocycles. The van der Waals surface area contributed by atoms with E-state index in [1.807, 2.05) is 0 Å². The third kappa shape index (κ3) is 4.04. The number of anilines is 2. The molecule has 2 aromatic carbocycles. The fraction of sp³-hybridized carbons (Fsp3) is 0.111. The Labute approximate surface area is 154 Å². The van der Waals surface area contributed by atoms with Crippen LogP contribution in [0.5, 0.6) is 0 Å². The van der Waals surface area contributed by atoms with Gasteiger partial charge in [0.25, 0.3) is 5.17 Å². The minimum absolute atomic E-state index is 0.00284. The van der Waals surface area contributed by atoms with Crippen LogP contribution in [0, 0.1) is 0 Å². The van der Waals surface area contributed by atoms with Crippen molar-refractivity contribution in [2.75, 3.05) is 11.5 Å². The van der Waals surface area contributed by atoms with E-state index >= 15 is 0 Å². The molecule has 0 bridgehead atoms. The average molecular weight is 373 g/mol. The molecular weight excluding hydrogens is 358 g/mol. The molecule has 2 aromatic rings. The predicted octanol–water partition coefficient (Wildman–Crippen LogP) is 3.36. The van der Waals surface area contributed by atoms with Gasteiger partial charge in [0, 0.05) is 11.3 Å². The van der Waals surface area contributed by atoms with E-state index in [9.17, 15) is 19.5 Å². The first-order chi connectivity index (χ1) is 12.4. The summed E-state index contributed by atoms with van der Waals surface area (Å²) in [4.78, 5) is 35.0. The van der Waals surface area contributed by atoms with Gasteiger partial charge in [-0.15, -0.1) is 0 Å². The maximum atomic E-state index is 11.7. The van der Waals surface area contributed by atoms with Crippen molar-refractivity contribution >= 4 is 47.0 Å². The van der Waals surface area contributed by atoms with Gasteiger partial charge in [-0.3, -0.25) is 9.69 Å². The van der Waals surface area contributed by atoms with E-state index in [1.54, 1.807) is 31.2 Å². The zero-order valence-corrected chi connectivity index (χ0v) is 14.5. The van der Waals surface area contributed by atoms with Crippen molar-refractivity contribution in [2.45, 2.75) is 6.92 Å². The molecule has 0 aliphatic heterocycles. The molecule has 2 rings (SSSR count). The summed E-state index contributed by atoms with van der Waals surface area (Å²) in [5.41, 5.74) is 0.659. The molecule has 134 valence electrons. The predicted molar refractivity (Wildman–Crippen MR) is 98.6 cm³/mol. The fourth-order valence-electron chi connectivity index (χ4n) is 2.27. The van der Waals surface area contributed by atoms with Crippen molar-refractivity contribution in [1.29, 1.82) is 0 Å². The van der Waals surface area contributed by atoms with Gasteiger partial charge in [-0.05, 0) is 61.6 Å². The molecule has 0 heterocycles. The molecule has 0 aromatic heterocycles. The molecular formula is C18H15NO6S. The number of carboxylic acids is 2. The van der Waals surface area contributed by atoms with Crippen LogP contribution in [0.1, 0.15) is 38.0 Å². The molecule has 2 N–H and O–H groups in total. The molecule has 0 amide bonds. The summed E-state index contributed by atoms with van der Waals surface area (Å²) in [5, 5.41) is 18.6. The summed E-state index contributed by atoms with van der Waals surface area (Å²) in [5.74, 6) is -2.55. The highest BCUT2D eigenvalue weighted by molar-refractivity contribution is 7.80. The van der Waals surface area contributed by atoms with Crippen LogP contribution < -0.4 is 4.90 Å². The second-order valence-corrected chi connectivity index (χ2v) is 5.44. The fourth-order valence-corrected chi connectivity index (χ4v) is 2.59. The highest BCUT2D eigenvalue weighted by Crippen LogP contribution is 2.31. The molecule has 0 spiro atoms. The average Bonchev–Trinajstić information content (AvgIpc) is 2.62. The molecule has 0 aliphatic carbocycles. The summed E-state index contributed by atoms with van der Waals surface area (Å²) in [6.07, 6.45) is 0.680. The Morgan fingerprint density at radius 2 is 1.77 bits per heavy atom. The van der Waals surface area contributed by atoms with Crippen molar-refractivity contribution in [3.05, 3.63) is 59.2 Å². The Morgan fingerprint density at radius 1 is 1.12 bits per heavy atom. The third-order valence-corrected chi connectivity index (χ3v) is 3.75. The lowest BCUT2D eigenvalue weighted by Crippen LogP contribution is -2.28. The van der Waals surface area contributed by atoms with Crippen LogP contribution >= 0.6 is 12.2 Å². The Morgan fingerprint density at radius 3 is 2.27 bits per heavy atom. The van der Waals surface area contributed by atoms with Gasteiger partial charge in [0.2, 0.25) is 0 Å². The molecule has 0 atom stereocenters. The minimum atomic E-state index is -1.31. The number of rotatable bonds is 6. The molecule has 7 nitrogen and oxygen atoms in total. The topological polar surface area (TPSA) is 104 Å². The maximum absolute atomic E-state index is 11.7. The lowest BCUT2D eigenvalue weighted by atomic mass is 10.1. The standard InChI is InChI=1S/C18H15NO6S/c1-2-25-18(26)19(13-6-3-11(10-20)4-7-13)15-8-5-12(16(21)22)9-14(15)17(23)24/h3-10H,2H2,1H3,(H,21,22)(H,23,24). The molecule has 8 heteroatoms. The highest BCUT2D eigenvalue weighted by Gasteiger charge is 2.23. The van der Waals surface area contributed by atoms with E-state index in [-0.39, 0.29) is 28.6 Å². The van der Waals surface area contributed by atoms with Crippen molar-refractivity contribution < 1.29 is 29.3 Å². The first kappa shape index (κ1) is 19.1. The van der Waals surface area contributed by atoms with Crippen LogP contribution in [-0.2, 0) is 4.74 Å². The summed E-state index contributed by atoms with van der Waals surface area (Å²) < 4.78 is 5.36. The number of benzene rings is 2. The van der Waals surface area contributed by atoms with Crippen LogP contribution in [0.15, 0.2) is 42.5 Å². The van der Waals surface area contributed by atoms with Gasteiger partial charge < -0.3 is 14.9 Å². The van der Waals surface area contributed by atoms with E-state index in [0.29, 0.717) is 17.5 Å².